The highest BCUT2D eigenvalue weighted by molar-refractivity contribution is 5.93. The van der Waals surface area contributed by atoms with E-state index in [0.29, 0.717) is 0 Å². The lowest BCUT2D eigenvalue weighted by Gasteiger charge is -2.30. The van der Waals surface area contributed by atoms with Crippen molar-refractivity contribution in [2.75, 3.05) is 18.4 Å². The number of nitrogens with zero attached hydrogens (tertiary/aromatic N) is 3. The molecule has 5 rings (SSSR count). The summed E-state index contributed by atoms with van der Waals surface area (Å²) < 4.78 is 1.83. The van der Waals surface area contributed by atoms with E-state index in [4.69, 9.17) is 0 Å². The minimum Gasteiger partial charge on any atom is -0.355 e. The molecule has 0 bridgehead atoms. The van der Waals surface area contributed by atoms with Crippen LogP contribution >= 0.6 is 0 Å². The number of carbonyl (C=O) groups excluding carboxylic acids is 1. The molecule has 0 atom stereocenters. The molecule has 31 heavy (non-hydrogen) atoms. The van der Waals surface area contributed by atoms with Crippen LogP contribution in [0.5, 0.6) is 0 Å². The van der Waals surface area contributed by atoms with Crippen LogP contribution in [-0.2, 0) is 18.4 Å². The maximum atomic E-state index is 12.9. The van der Waals surface area contributed by atoms with Gasteiger partial charge in [0.2, 0.25) is 5.91 Å². The number of para-hydroxylation sites is 1. The number of fused-ring (bicyclic) bond motifs is 1. The summed E-state index contributed by atoms with van der Waals surface area (Å²) in [6.45, 7) is 2.76. The second-order valence-electron chi connectivity index (χ2n) is 8.41. The summed E-state index contributed by atoms with van der Waals surface area (Å²) in [5, 5.41) is 8.56. The fourth-order valence-corrected chi connectivity index (χ4v) is 4.40. The fourth-order valence-electron chi connectivity index (χ4n) is 4.40. The van der Waals surface area contributed by atoms with Crippen LogP contribution in [0.3, 0.4) is 0 Å². The van der Waals surface area contributed by atoms with E-state index < -0.39 is 0 Å². The summed E-state index contributed by atoms with van der Waals surface area (Å²) in [6, 6.07) is 18.5. The lowest BCUT2D eigenvalue weighted by Crippen LogP contribution is -2.37. The molecular formula is C25H27N5O. The molecule has 0 saturated carbocycles. The number of benzene rings is 2. The molecule has 158 valence electrons. The predicted octanol–water partition coefficient (Wildman–Crippen LogP) is 4.42. The molecule has 0 unspecified atom stereocenters. The van der Waals surface area contributed by atoms with E-state index in [-0.39, 0.29) is 11.8 Å². The summed E-state index contributed by atoms with van der Waals surface area (Å²) >= 11 is 0. The number of aromatic nitrogens is 3. The van der Waals surface area contributed by atoms with E-state index in [9.17, 15) is 4.79 Å². The quantitative estimate of drug-likeness (QED) is 0.509. The number of H-pyrrole nitrogens is 1. The Morgan fingerprint density at radius 2 is 1.97 bits per heavy atom. The SMILES string of the molecule is Cn1cc(CN2CCC(C(=O)Nc3cccc(-c4cc5ccccc5[nH]4)c3)CC2)cn1. The van der Waals surface area contributed by atoms with Crippen LogP contribution in [0.25, 0.3) is 22.2 Å². The Morgan fingerprint density at radius 1 is 1.13 bits per heavy atom. The van der Waals surface area contributed by atoms with Crippen molar-refractivity contribution in [2.45, 2.75) is 19.4 Å². The Bertz CT molecular complexity index is 1170. The van der Waals surface area contributed by atoms with Gasteiger partial charge in [-0.3, -0.25) is 14.4 Å². The standard InChI is InChI=1S/C25H27N5O/c1-29-16-18(15-26-29)17-30-11-9-19(10-12-30)25(31)27-22-7-4-6-20(13-22)24-14-21-5-2-3-8-23(21)28-24/h2-8,13-16,19,28H,9-12,17H2,1H3,(H,27,31). The summed E-state index contributed by atoms with van der Waals surface area (Å²) in [5.41, 5.74) is 5.31. The minimum atomic E-state index is 0.0573. The molecule has 1 amide bonds. The van der Waals surface area contributed by atoms with Gasteiger partial charge in [-0.2, -0.15) is 5.10 Å². The average molecular weight is 414 g/mol. The Labute approximate surface area is 181 Å². The molecule has 0 radical (unpaired) electrons. The van der Waals surface area contributed by atoms with Crippen LogP contribution < -0.4 is 5.32 Å². The summed E-state index contributed by atoms with van der Waals surface area (Å²) in [5.74, 6) is 0.178. The van der Waals surface area contributed by atoms with E-state index in [2.05, 4.69) is 50.8 Å². The first-order valence-electron chi connectivity index (χ1n) is 10.8. The third-order valence-corrected chi connectivity index (χ3v) is 6.09. The number of anilines is 1. The van der Waals surface area contributed by atoms with Crippen molar-refractivity contribution in [3.63, 3.8) is 0 Å². The molecule has 6 nitrogen and oxygen atoms in total. The Kier molecular flexibility index (Phi) is 5.30. The maximum Gasteiger partial charge on any atom is 0.227 e. The Balaban J connectivity index is 1.20. The van der Waals surface area contributed by atoms with Gasteiger partial charge in [-0.25, -0.2) is 0 Å². The Hall–Kier alpha value is -3.38. The van der Waals surface area contributed by atoms with Gasteiger partial charge in [0.15, 0.2) is 0 Å². The molecule has 1 aliphatic heterocycles. The van der Waals surface area contributed by atoms with Crippen LogP contribution in [0.15, 0.2) is 67.0 Å². The second-order valence-corrected chi connectivity index (χ2v) is 8.41. The first kappa shape index (κ1) is 19.6. The average Bonchev–Trinajstić information content (AvgIpc) is 3.40. The number of piperidine rings is 1. The van der Waals surface area contributed by atoms with Crippen LogP contribution in [-0.4, -0.2) is 38.7 Å². The number of rotatable bonds is 5. The highest BCUT2D eigenvalue weighted by Gasteiger charge is 2.25. The van der Waals surface area contributed by atoms with Crippen LogP contribution in [0, 0.1) is 5.92 Å². The predicted molar refractivity (Wildman–Crippen MR) is 124 cm³/mol. The third-order valence-electron chi connectivity index (χ3n) is 6.09. The summed E-state index contributed by atoms with van der Waals surface area (Å²) in [4.78, 5) is 18.7. The van der Waals surface area contributed by atoms with Crippen LogP contribution in [0.1, 0.15) is 18.4 Å². The normalized spacial score (nSPS) is 15.4. The number of carbonyl (C=O) groups is 1. The molecule has 0 aliphatic carbocycles. The molecule has 6 heteroatoms. The van der Waals surface area contributed by atoms with Crippen molar-refractivity contribution in [3.8, 4) is 11.3 Å². The smallest absolute Gasteiger partial charge is 0.227 e. The number of amides is 1. The highest BCUT2D eigenvalue weighted by atomic mass is 16.1. The van der Waals surface area contributed by atoms with Crippen LogP contribution in [0.4, 0.5) is 5.69 Å². The van der Waals surface area contributed by atoms with E-state index in [0.717, 1.165) is 54.9 Å². The molecule has 3 heterocycles. The van der Waals surface area contributed by atoms with Gasteiger partial charge in [0.25, 0.3) is 0 Å². The van der Waals surface area contributed by atoms with Gasteiger partial charge >= 0.3 is 0 Å². The number of aromatic amines is 1. The molecule has 1 saturated heterocycles. The first-order chi connectivity index (χ1) is 15.1. The van der Waals surface area contributed by atoms with E-state index in [1.54, 1.807) is 0 Å². The van der Waals surface area contributed by atoms with E-state index >= 15 is 0 Å². The maximum absolute atomic E-state index is 12.9. The highest BCUT2D eigenvalue weighted by Crippen LogP contribution is 2.27. The molecule has 2 aromatic heterocycles. The van der Waals surface area contributed by atoms with Gasteiger partial charge in [-0.15, -0.1) is 0 Å². The molecule has 1 fully saturated rings. The van der Waals surface area contributed by atoms with Crippen molar-refractivity contribution >= 4 is 22.5 Å². The molecule has 2 aromatic carbocycles. The van der Waals surface area contributed by atoms with Gasteiger partial charge in [0, 0.05) is 59.1 Å². The Morgan fingerprint density at radius 3 is 2.74 bits per heavy atom. The van der Waals surface area contributed by atoms with E-state index in [1.165, 1.54) is 10.9 Å². The number of aryl methyl sites for hydroxylation is 1. The monoisotopic (exact) mass is 413 g/mol. The molecule has 2 N–H and O–H groups in total. The largest absolute Gasteiger partial charge is 0.355 e. The zero-order valence-electron chi connectivity index (χ0n) is 17.7. The van der Waals surface area contributed by atoms with Crippen molar-refractivity contribution in [1.29, 1.82) is 0 Å². The van der Waals surface area contributed by atoms with Gasteiger partial charge < -0.3 is 10.3 Å². The van der Waals surface area contributed by atoms with Gasteiger partial charge in [-0.1, -0.05) is 30.3 Å². The summed E-state index contributed by atoms with van der Waals surface area (Å²) in [6.07, 6.45) is 5.74. The lowest BCUT2D eigenvalue weighted by atomic mass is 9.95. The van der Waals surface area contributed by atoms with Crippen molar-refractivity contribution < 1.29 is 4.79 Å². The number of hydrogen-bond acceptors (Lipinski definition) is 3. The number of likely N-dealkylation sites (tertiary alicyclic amines) is 1. The zero-order chi connectivity index (χ0) is 21.2. The molecule has 4 aromatic rings. The molecular weight excluding hydrogens is 386 g/mol. The van der Waals surface area contributed by atoms with E-state index in [1.807, 2.05) is 48.3 Å². The lowest BCUT2D eigenvalue weighted by molar-refractivity contribution is -0.121. The topological polar surface area (TPSA) is 66.0 Å². The number of hydrogen-bond donors (Lipinski definition) is 2. The van der Waals surface area contributed by atoms with Crippen molar-refractivity contribution in [3.05, 3.63) is 72.6 Å². The second kappa shape index (κ2) is 8.40. The van der Waals surface area contributed by atoms with Crippen molar-refractivity contribution in [2.24, 2.45) is 13.0 Å². The van der Waals surface area contributed by atoms with Gasteiger partial charge in [0.1, 0.15) is 0 Å². The number of nitrogens with one attached hydrogen (secondary N) is 2. The fraction of sp³-hybridized carbons (Fsp3) is 0.280. The van der Waals surface area contributed by atoms with Crippen molar-refractivity contribution in [1.82, 2.24) is 19.7 Å². The molecule has 0 spiro atoms. The third kappa shape index (κ3) is 4.39. The zero-order valence-corrected chi connectivity index (χ0v) is 17.7. The molecule has 1 aliphatic rings. The first-order valence-corrected chi connectivity index (χ1v) is 10.8. The van der Waals surface area contributed by atoms with Gasteiger partial charge in [-0.05, 0) is 50.2 Å². The van der Waals surface area contributed by atoms with Gasteiger partial charge in [0.05, 0.1) is 6.20 Å². The van der Waals surface area contributed by atoms with Crippen LogP contribution in [0.2, 0.25) is 0 Å². The summed E-state index contributed by atoms with van der Waals surface area (Å²) in [7, 11) is 1.94. The minimum absolute atomic E-state index is 0.0573.